The minimum absolute atomic E-state index is 0.0337. The number of nitrogens with zero attached hydrogens (tertiary/aromatic N) is 1. The zero-order valence-corrected chi connectivity index (χ0v) is 12.2. The molecular weight excluding hydrogens is 277 g/mol. The molecule has 2 aromatic carbocycles. The summed E-state index contributed by atoms with van der Waals surface area (Å²) in [6.07, 6.45) is 0. The van der Waals surface area contributed by atoms with Crippen molar-refractivity contribution >= 4 is 10.0 Å². The molecule has 0 saturated carbocycles. The minimum atomic E-state index is -3.68. The number of hydrogen-bond donors (Lipinski definition) is 0. The van der Waals surface area contributed by atoms with Gasteiger partial charge in [-0.25, -0.2) is 12.8 Å². The average Bonchev–Trinajstić information content (AvgIpc) is 2.41. The first-order valence-corrected chi connectivity index (χ1v) is 7.61. The van der Waals surface area contributed by atoms with E-state index in [2.05, 4.69) is 0 Å². The summed E-state index contributed by atoms with van der Waals surface area (Å²) in [6.45, 7) is 2.18. The predicted octanol–water partition coefficient (Wildman–Crippen LogP) is 2.95. The number of sulfonamides is 1. The van der Waals surface area contributed by atoms with Crippen LogP contribution in [-0.4, -0.2) is 19.8 Å². The Kier molecular flexibility index (Phi) is 4.20. The van der Waals surface area contributed by atoms with E-state index in [9.17, 15) is 12.8 Å². The van der Waals surface area contributed by atoms with Crippen molar-refractivity contribution in [3.05, 3.63) is 65.5 Å². The molecule has 0 aliphatic rings. The summed E-state index contributed by atoms with van der Waals surface area (Å²) in [5, 5.41) is 0. The van der Waals surface area contributed by atoms with E-state index in [1.165, 1.54) is 29.6 Å². The molecule has 5 heteroatoms. The highest BCUT2D eigenvalue weighted by Crippen LogP contribution is 2.18. The summed E-state index contributed by atoms with van der Waals surface area (Å²) < 4.78 is 39.1. The maximum atomic E-state index is 13.2. The molecule has 106 valence electrons. The topological polar surface area (TPSA) is 37.4 Å². The Morgan fingerprint density at radius 3 is 2.45 bits per heavy atom. The Bertz CT molecular complexity index is 713. The number of aryl methyl sites for hydroxylation is 1. The Morgan fingerprint density at radius 1 is 1.10 bits per heavy atom. The van der Waals surface area contributed by atoms with E-state index in [4.69, 9.17) is 0 Å². The summed E-state index contributed by atoms with van der Waals surface area (Å²) in [6, 6.07) is 12.6. The van der Waals surface area contributed by atoms with E-state index < -0.39 is 15.8 Å². The molecule has 0 aliphatic carbocycles. The van der Waals surface area contributed by atoms with Crippen molar-refractivity contribution in [3.8, 4) is 0 Å². The zero-order chi connectivity index (χ0) is 14.8. The van der Waals surface area contributed by atoms with Crippen LogP contribution in [0.15, 0.2) is 53.4 Å². The van der Waals surface area contributed by atoms with Crippen LogP contribution in [0, 0.1) is 12.7 Å². The third-order valence-corrected chi connectivity index (χ3v) is 4.96. The van der Waals surface area contributed by atoms with Crippen molar-refractivity contribution in [2.45, 2.75) is 18.4 Å². The Labute approximate surface area is 118 Å². The van der Waals surface area contributed by atoms with Gasteiger partial charge in [-0.05, 0) is 36.2 Å². The van der Waals surface area contributed by atoms with E-state index >= 15 is 0 Å². The molecule has 0 bridgehead atoms. The van der Waals surface area contributed by atoms with Gasteiger partial charge in [0, 0.05) is 13.6 Å². The van der Waals surface area contributed by atoms with Crippen molar-refractivity contribution in [2.75, 3.05) is 7.05 Å². The van der Waals surface area contributed by atoms with Crippen LogP contribution in [0.1, 0.15) is 11.1 Å². The lowest BCUT2D eigenvalue weighted by atomic mass is 10.1. The van der Waals surface area contributed by atoms with Crippen LogP contribution in [0.2, 0.25) is 0 Å². The van der Waals surface area contributed by atoms with Gasteiger partial charge >= 0.3 is 0 Å². The molecule has 0 spiro atoms. The third kappa shape index (κ3) is 3.05. The maximum Gasteiger partial charge on any atom is 0.243 e. The number of hydrogen-bond acceptors (Lipinski definition) is 2. The minimum Gasteiger partial charge on any atom is -0.207 e. The third-order valence-electron chi connectivity index (χ3n) is 3.16. The largest absolute Gasteiger partial charge is 0.243 e. The lowest BCUT2D eigenvalue weighted by Crippen LogP contribution is -2.26. The van der Waals surface area contributed by atoms with Gasteiger partial charge in [0.25, 0.3) is 0 Å². The van der Waals surface area contributed by atoms with Crippen LogP contribution in [0.4, 0.5) is 4.39 Å². The smallest absolute Gasteiger partial charge is 0.207 e. The van der Waals surface area contributed by atoms with Crippen LogP contribution >= 0.6 is 0 Å². The summed E-state index contributed by atoms with van der Waals surface area (Å²) in [4.78, 5) is -0.0337. The Hall–Kier alpha value is -1.72. The van der Waals surface area contributed by atoms with Gasteiger partial charge < -0.3 is 0 Å². The quantitative estimate of drug-likeness (QED) is 0.869. The summed E-state index contributed by atoms with van der Waals surface area (Å²) in [7, 11) is -2.19. The van der Waals surface area contributed by atoms with Gasteiger partial charge in [-0.3, -0.25) is 0 Å². The van der Waals surface area contributed by atoms with Crippen molar-refractivity contribution < 1.29 is 12.8 Å². The molecule has 0 radical (unpaired) electrons. The molecule has 0 fully saturated rings. The monoisotopic (exact) mass is 293 g/mol. The van der Waals surface area contributed by atoms with Crippen LogP contribution in [0.25, 0.3) is 0 Å². The lowest BCUT2D eigenvalue weighted by Gasteiger charge is -2.18. The molecular formula is C15H16FNO2S. The molecule has 0 aromatic heterocycles. The van der Waals surface area contributed by atoms with Crippen molar-refractivity contribution in [1.29, 1.82) is 0 Å². The van der Waals surface area contributed by atoms with Crippen molar-refractivity contribution in [1.82, 2.24) is 4.31 Å². The van der Waals surface area contributed by atoms with Crippen LogP contribution in [0.3, 0.4) is 0 Å². The van der Waals surface area contributed by atoms with Crippen LogP contribution in [-0.2, 0) is 16.6 Å². The normalized spacial score (nSPS) is 11.8. The highest BCUT2D eigenvalue weighted by atomic mass is 32.2. The van der Waals surface area contributed by atoms with Crippen LogP contribution in [0.5, 0.6) is 0 Å². The molecule has 0 N–H and O–H groups in total. The number of rotatable bonds is 4. The number of halogens is 1. The highest BCUT2D eigenvalue weighted by molar-refractivity contribution is 7.89. The molecule has 0 unspecified atom stereocenters. The average molecular weight is 293 g/mol. The van der Waals surface area contributed by atoms with E-state index in [0.717, 1.165) is 17.2 Å². The fraction of sp³-hybridized carbons (Fsp3) is 0.200. The fourth-order valence-electron chi connectivity index (χ4n) is 1.92. The van der Waals surface area contributed by atoms with Gasteiger partial charge in [0.05, 0.1) is 4.90 Å². The van der Waals surface area contributed by atoms with Gasteiger partial charge in [-0.15, -0.1) is 0 Å². The molecule has 0 aliphatic heterocycles. The van der Waals surface area contributed by atoms with E-state index in [1.807, 2.05) is 31.2 Å². The zero-order valence-electron chi connectivity index (χ0n) is 11.4. The van der Waals surface area contributed by atoms with Crippen molar-refractivity contribution in [2.24, 2.45) is 0 Å². The van der Waals surface area contributed by atoms with Gasteiger partial charge in [0.15, 0.2) is 0 Å². The van der Waals surface area contributed by atoms with Crippen LogP contribution < -0.4 is 0 Å². The second-order valence-corrected chi connectivity index (χ2v) is 6.69. The molecule has 0 heterocycles. The van der Waals surface area contributed by atoms with Gasteiger partial charge in [-0.1, -0.05) is 30.3 Å². The molecule has 20 heavy (non-hydrogen) atoms. The maximum absolute atomic E-state index is 13.2. The molecule has 0 saturated heterocycles. The van der Waals surface area contributed by atoms with E-state index in [0.29, 0.717) is 0 Å². The lowest BCUT2D eigenvalue weighted by molar-refractivity contribution is 0.465. The van der Waals surface area contributed by atoms with Crippen molar-refractivity contribution in [3.63, 3.8) is 0 Å². The van der Waals surface area contributed by atoms with E-state index in [1.54, 1.807) is 0 Å². The molecule has 2 rings (SSSR count). The van der Waals surface area contributed by atoms with Gasteiger partial charge in [-0.2, -0.15) is 4.31 Å². The molecule has 0 amide bonds. The second kappa shape index (κ2) is 5.73. The second-order valence-electron chi connectivity index (χ2n) is 4.64. The van der Waals surface area contributed by atoms with Gasteiger partial charge in [0.2, 0.25) is 10.0 Å². The SMILES string of the molecule is Cc1ccccc1CN(C)S(=O)(=O)c1cccc(F)c1. The first-order chi connectivity index (χ1) is 9.41. The number of benzene rings is 2. The molecule has 2 aromatic rings. The summed E-state index contributed by atoms with van der Waals surface area (Å²) in [5.41, 5.74) is 1.95. The van der Waals surface area contributed by atoms with Gasteiger partial charge in [0.1, 0.15) is 5.82 Å². The highest BCUT2D eigenvalue weighted by Gasteiger charge is 2.21. The van der Waals surface area contributed by atoms with E-state index in [-0.39, 0.29) is 11.4 Å². The predicted molar refractivity (Wildman–Crippen MR) is 76.2 cm³/mol. The molecule has 0 atom stereocenters. The standard InChI is InChI=1S/C15H16FNO2S/c1-12-6-3-4-7-13(12)11-17(2)20(18,19)15-9-5-8-14(16)10-15/h3-10H,11H2,1-2H3. The first kappa shape index (κ1) is 14.7. The Morgan fingerprint density at radius 2 is 1.80 bits per heavy atom. The fourth-order valence-corrected chi connectivity index (χ4v) is 3.10. The summed E-state index contributed by atoms with van der Waals surface area (Å²) >= 11 is 0. The molecule has 3 nitrogen and oxygen atoms in total. The first-order valence-electron chi connectivity index (χ1n) is 6.17. The Balaban J connectivity index is 2.29. The summed E-state index contributed by atoms with van der Waals surface area (Å²) in [5.74, 6) is -0.560.